The summed E-state index contributed by atoms with van der Waals surface area (Å²) >= 11 is 0. The van der Waals surface area contributed by atoms with Crippen LogP contribution in [-0.4, -0.2) is 50.7 Å². The van der Waals surface area contributed by atoms with Gasteiger partial charge in [0.1, 0.15) is 0 Å². The van der Waals surface area contributed by atoms with Gasteiger partial charge in [0.2, 0.25) is 0 Å². The standard InChI is InChI=1S/C12H27N3/c1-2-3-6-13-7-4-5-10-15-11-8-14-9-12-15/h13-14H,2-12H2,1H3. The lowest BCUT2D eigenvalue weighted by Gasteiger charge is -2.27. The first kappa shape index (κ1) is 12.9. The summed E-state index contributed by atoms with van der Waals surface area (Å²) in [5.74, 6) is 0. The molecule has 0 aliphatic carbocycles. The van der Waals surface area contributed by atoms with Crippen molar-refractivity contribution in [3.63, 3.8) is 0 Å². The molecule has 0 spiro atoms. The topological polar surface area (TPSA) is 27.3 Å². The summed E-state index contributed by atoms with van der Waals surface area (Å²) in [4.78, 5) is 2.57. The molecule has 0 amide bonds. The van der Waals surface area contributed by atoms with E-state index in [1.807, 2.05) is 0 Å². The number of rotatable bonds is 8. The third-order valence-corrected chi connectivity index (χ3v) is 2.99. The number of hydrogen-bond donors (Lipinski definition) is 2. The van der Waals surface area contributed by atoms with Crippen LogP contribution in [0.15, 0.2) is 0 Å². The van der Waals surface area contributed by atoms with Crippen molar-refractivity contribution in [2.24, 2.45) is 0 Å². The zero-order valence-electron chi connectivity index (χ0n) is 10.2. The number of piperazine rings is 1. The number of hydrogen-bond acceptors (Lipinski definition) is 3. The van der Waals surface area contributed by atoms with Gasteiger partial charge in [0.25, 0.3) is 0 Å². The summed E-state index contributed by atoms with van der Waals surface area (Å²) in [6.45, 7) is 10.8. The molecule has 0 aromatic rings. The van der Waals surface area contributed by atoms with Gasteiger partial charge in [0.15, 0.2) is 0 Å². The zero-order valence-corrected chi connectivity index (χ0v) is 10.2. The van der Waals surface area contributed by atoms with E-state index < -0.39 is 0 Å². The van der Waals surface area contributed by atoms with Crippen LogP contribution in [0.25, 0.3) is 0 Å². The molecule has 0 aromatic carbocycles. The fourth-order valence-electron chi connectivity index (χ4n) is 1.95. The molecule has 1 saturated heterocycles. The first-order chi connectivity index (χ1) is 7.43. The van der Waals surface area contributed by atoms with Gasteiger partial charge < -0.3 is 15.5 Å². The van der Waals surface area contributed by atoms with E-state index in [1.165, 1.54) is 71.5 Å². The second-order valence-corrected chi connectivity index (χ2v) is 4.40. The van der Waals surface area contributed by atoms with Crippen molar-refractivity contribution >= 4 is 0 Å². The van der Waals surface area contributed by atoms with E-state index in [9.17, 15) is 0 Å². The summed E-state index contributed by atoms with van der Waals surface area (Å²) in [6.07, 6.45) is 5.29. The van der Waals surface area contributed by atoms with Gasteiger partial charge in [-0.15, -0.1) is 0 Å². The second-order valence-electron chi connectivity index (χ2n) is 4.40. The lowest BCUT2D eigenvalue weighted by molar-refractivity contribution is 0.236. The zero-order chi connectivity index (χ0) is 10.8. The molecule has 90 valence electrons. The highest BCUT2D eigenvalue weighted by Crippen LogP contribution is 1.96. The highest BCUT2D eigenvalue weighted by atomic mass is 15.2. The highest BCUT2D eigenvalue weighted by Gasteiger charge is 2.07. The van der Waals surface area contributed by atoms with Crippen LogP contribution in [0.3, 0.4) is 0 Å². The Morgan fingerprint density at radius 3 is 2.53 bits per heavy atom. The predicted octanol–water partition coefficient (Wildman–Crippen LogP) is 1.06. The van der Waals surface area contributed by atoms with Gasteiger partial charge in [-0.25, -0.2) is 0 Å². The molecule has 0 atom stereocenters. The normalized spacial score (nSPS) is 18.2. The summed E-state index contributed by atoms with van der Waals surface area (Å²) < 4.78 is 0. The Kier molecular flexibility index (Phi) is 7.88. The minimum absolute atomic E-state index is 1.18. The van der Waals surface area contributed by atoms with E-state index in [2.05, 4.69) is 22.5 Å². The maximum absolute atomic E-state index is 3.49. The van der Waals surface area contributed by atoms with Crippen molar-refractivity contribution < 1.29 is 0 Å². The van der Waals surface area contributed by atoms with Crippen LogP contribution in [0.1, 0.15) is 32.6 Å². The van der Waals surface area contributed by atoms with Gasteiger partial charge in [-0.3, -0.25) is 0 Å². The molecule has 15 heavy (non-hydrogen) atoms. The third kappa shape index (κ3) is 6.88. The van der Waals surface area contributed by atoms with Crippen molar-refractivity contribution in [3.8, 4) is 0 Å². The van der Waals surface area contributed by atoms with Gasteiger partial charge in [0, 0.05) is 26.2 Å². The molecule has 1 heterocycles. The summed E-state index contributed by atoms with van der Waals surface area (Å²) in [5.41, 5.74) is 0. The van der Waals surface area contributed by atoms with E-state index in [0.717, 1.165) is 0 Å². The van der Waals surface area contributed by atoms with Gasteiger partial charge in [-0.2, -0.15) is 0 Å². The molecule has 1 rings (SSSR count). The van der Waals surface area contributed by atoms with Crippen LogP contribution in [0.2, 0.25) is 0 Å². The smallest absolute Gasteiger partial charge is 0.0107 e. The molecule has 1 aliphatic rings. The minimum Gasteiger partial charge on any atom is -0.317 e. The Balaban J connectivity index is 1.79. The van der Waals surface area contributed by atoms with Crippen molar-refractivity contribution in [2.75, 3.05) is 45.8 Å². The molecular weight excluding hydrogens is 186 g/mol. The van der Waals surface area contributed by atoms with Crippen LogP contribution < -0.4 is 10.6 Å². The van der Waals surface area contributed by atoms with Crippen molar-refractivity contribution in [1.82, 2.24) is 15.5 Å². The summed E-state index contributed by atoms with van der Waals surface area (Å²) in [6, 6.07) is 0. The molecule has 0 saturated carbocycles. The molecule has 1 fully saturated rings. The largest absolute Gasteiger partial charge is 0.317 e. The Morgan fingerprint density at radius 2 is 1.80 bits per heavy atom. The SMILES string of the molecule is CCCCNCCCCN1CCNCC1. The first-order valence-electron chi connectivity index (χ1n) is 6.57. The van der Waals surface area contributed by atoms with Gasteiger partial charge >= 0.3 is 0 Å². The summed E-state index contributed by atoms with van der Waals surface area (Å²) in [5, 5.41) is 6.88. The molecule has 0 unspecified atom stereocenters. The van der Waals surface area contributed by atoms with E-state index in [1.54, 1.807) is 0 Å². The lowest BCUT2D eigenvalue weighted by atomic mass is 10.2. The molecule has 3 nitrogen and oxygen atoms in total. The van der Waals surface area contributed by atoms with Crippen LogP contribution >= 0.6 is 0 Å². The van der Waals surface area contributed by atoms with Gasteiger partial charge in [0.05, 0.1) is 0 Å². The predicted molar refractivity (Wildman–Crippen MR) is 66.3 cm³/mol. The number of unbranched alkanes of at least 4 members (excludes halogenated alkanes) is 2. The maximum Gasteiger partial charge on any atom is 0.0107 e. The fourth-order valence-corrected chi connectivity index (χ4v) is 1.95. The Bertz CT molecular complexity index is 133. The Morgan fingerprint density at radius 1 is 1.07 bits per heavy atom. The molecule has 0 bridgehead atoms. The van der Waals surface area contributed by atoms with Crippen molar-refractivity contribution in [3.05, 3.63) is 0 Å². The number of nitrogens with one attached hydrogen (secondary N) is 2. The fraction of sp³-hybridized carbons (Fsp3) is 1.00. The molecular formula is C12H27N3. The molecule has 1 aliphatic heterocycles. The van der Waals surface area contributed by atoms with Crippen molar-refractivity contribution in [1.29, 1.82) is 0 Å². The summed E-state index contributed by atoms with van der Waals surface area (Å²) in [7, 11) is 0. The van der Waals surface area contributed by atoms with E-state index in [-0.39, 0.29) is 0 Å². The molecule has 2 N–H and O–H groups in total. The molecule has 3 heteroatoms. The van der Waals surface area contributed by atoms with E-state index >= 15 is 0 Å². The quantitative estimate of drug-likeness (QED) is 0.591. The maximum atomic E-state index is 3.49. The van der Waals surface area contributed by atoms with Crippen LogP contribution in [-0.2, 0) is 0 Å². The molecule has 0 radical (unpaired) electrons. The molecule has 0 aromatic heterocycles. The number of nitrogens with zero attached hydrogens (tertiary/aromatic N) is 1. The lowest BCUT2D eigenvalue weighted by Crippen LogP contribution is -2.43. The van der Waals surface area contributed by atoms with E-state index in [0.29, 0.717) is 0 Å². The monoisotopic (exact) mass is 213 g/mol. The minimum atomic E-state index is 1.18. The van der Waals surface area contributed by atoms with Crippen LogP contribution in [0.5, 0.6) is 0 Å². The highest BCUT2D eigenvalue weighted by molar-refractivity contribution is 4.67. The Labute approximate surface area is 94.6 Å². The first-order valence-corrected chi connectivity index (χ1v) is 6.57. The van der Waals surface area contributed by atoms with Crippen molar-refractivity contribution in [2.45, 2.75) is 32.6 Å². The average molecular weight is 213 g/mol. The van der Waals surface area contributed by atoms with Gasteiger partial charge in [-0.1, -0.05) is 13.3 Å². The van der Waals surface area contributed by atoms with E-state index in [4.69, 9.17) is 0 Å². The Hall–Kier alpha value is -0.120. The second kappa shape index (κ2) is 9.13. The average Bonchev–Trinajstić information content (AvgIpc) is 2.29. The van der Waals surface area contributed by atoms with Gasteiger partial charge in [-0.05, 0) is 38.9 Å². The van der Waals surface area contributed by atoms with Crippen LogP contribution in [0, 0.1) is 0 Å². The van der Waals surface area contributed by atoms with Crippen LogP contribution in [0.4, 0.5) is 0 Å². The third-order valence-electron chi connectivity index (χ3n) is 2.99.